The third kappa shape index (κ3) is 1.46. The molecule has 2 fully saturated rings. The van der Waals surface area contributed by atoms with Crippen LogP contribution in [0.25, 0.3) is 0 Å². The molecule has 0 amide bonds. The summed E-state index contributed by atoms with van der Waals surface area (Å²) in [6.07, 6.45) is 4.11. The second-order valence-corrected chi connectivity index (χ2v) is 7.08. The number of fused-ring (bicyclic) bond motifs is 3. The zero-order valence-corrected chi connectivity index (χ0v) is 13.1. The van der Waals surface area contributed by atoms with Crippen LogP contribution in [0.2, 0.25) is 0 Å². The number of piperidine rings is 1. The van der Waals surface area contributed by atoms with Crippen LogP contribution in [0.1, 0.15) is 36.8 Å². The molecule has 0 spiro atoms. The van der Waals surface area contributed by atoms with Gasteiger partial charge in [-0.15, -0.1) is 12.4 Å². The van der Waals surface area contributed by atoms with Crippen molar-refractivity contribution in [2.24, 2.45) is 0 Å². The summed E-state index contributed by atoms with van der Waals surface area (Å²) in [5.74, 6) is 1.69. The Bertz CT molecular complexity index is 704. The number of rotatable bonds is 0. The van der Waals surface area contributed by atoms with Gasteiger partial charge in [0.25, 0.3) is 0 Å². The highest BCUT2D eigenvalue weighted by molar-refractivity contribution is 5.85. The molecule has 5 rings (SSSR count). The zero-order valence-electron chi connectivity index (χ0n) is 12.3. The van der Waals surface area contributed by atoms with Gasteiger partial charge in [0.2, 0.25) is 5.75 Å². The highest BCUT2D eigenvalue weighted by Crippen LogP contribution is 2.64. The minimum absolute atomic E-state index is 0. The van der Waals surface area contributed by atoms with Crippen molar-refractivity contribution in [3.8, 4) is 17.2 Å². The van der Waals surface area contributed by atoms with Crippen LogP contribution in [-0.4, -0.2) is 28.4 Å². The van der Waals surface area contributed by atoms with E-state index in [-0.39, 0.29) is 29.6 Å². The van der Waals surface area contributed by atoms with Crippen molar-refractivity contribution in [3.05, 3.63) is 29.3 Å². The van der Waals surface area contributed by atoms with Gasteiger partial charge in [0, 0.05) is 17.0 Å². The van der Waals surface area contributed by atoms with Crippen molar-refractivity contribution in [3.63, 3.8) is 0 Å². The lowest BCUT2D eigenvalue weighted by molar-refractivity contribution is -0.115. The first-order valence-electron chi connectivity index (χ1n) is 7.75. The molecule has 0 radical (unpaired) electrons. The van der Waals surface area contributed by atoms with Gasteiger partial charge in [-0.05, 0) is 50.3 Å². The molecule has 2 heterocycles. The fourth-order valence-corrected chi connectivity index (χ4v) is 5.11. The van der Waals surface area contributed by atoms with Crippen LogP contribution >= 0.6 is 12.4 Å². The number of ether oxygens (including phenoxy) is 1. The minimum Gasteiger partial charge on any atom is -0.504 e. The van der Waals surface area contributed by atoms with E-state index in [1.807, 2.05) is 6.07 Å². The van der Waals surface area contributed by atoms with Crippen molar-refractivity contribution in [1.82, 2.24) is 5.32 Å². The van der Waals surface area contributed by atoms with E-state index >= 15 is 0 Å². The normalized spacial score (nSPS) is 37.1. The highest BCUT2D eigenvalue weighted by Gasteiger charge is 2.63. The fourth-order valence-electron chi connectivity index (χ4n) is 5.11. The van der Waals surface area contributed by atoms with Crippen molar-refractivity contribution >= 4 is 12.4 Å². The molecule has 0 unspecified atom stereocenters. The molecular formula is C17H20ClNO3. The maximum Gasteiger partial charge on any atom is 0.211 e. The van der Waals surface area contributed by atoms with E-state index in [1.165, 1.54) is 11.1 Å². The quantitative estimate of drug-likeness (QED) is 0.515. The summed E-state index contributed by atoms with van der Waals surface area (Å²) in [7, 11) is 0. The fraction of sp³-hybridized carbons (Fsp3) is 0.529. The summed E-state index contributed by atoms with van der Waals surface area (Å²) in [6.45, 7) is 5.09. The van der Waals surface area contributed by atoms with Crippen LogP contribution < -0.4 is 10.1 Å². The summed E-state index contributed by atoms with van der Waals surface area (Å²) < 4.78 is 5.49. The molecule has 4 nitrogen and oxygen atoms in total. The van der Waals surface area contributed by atoms with Crippen LogP contribution in [-0.2, 0) is 11.8 Å². The molecule has 118 valence electrons. The molecule has 5 heteroatoms. The SMILES string of the molecule is C=C1CC[C@@]2(O)[C@H]3Cc4c(cc(O)c5c4O5)[C@@]2(CCN3)C1.Cl. The topological polar surface area (TPSA) is 65.0 Å². The van der Waals surface area contributed by atoms with Gasteiger partial charge < -0.3 is 20.3 Å². The highest BCUT2D eigenvalue weighted by atomic mass is 35.5. The molecular weight excluding hydrogens is 302 g/mol. The molecule has 3 N–H and O–H groups in total. The molecule has 22 heavy (non-hydrogen) atoms. The number of phenolic OH excluding ortho intramolecular Hbond substituents is 1. The number of hydrogen-bond donors (Lipinski definition) is 3. The van der Waals surface area contributed by atoms with Crippen LogP contribution in [0.3, 0.4) is 0 Å². The van der Waals surface area contributed by atoms with Gasteiger partial charge in [0.05, 0.1) is 5.60 Å². The predicted molar refractivity (Wildman–Crippen MR) is 85.2 cm³/mol. The van der Waals surface area contributed by atoms with Crippen molar-refractivity contribution in [2.45, 2.75) is 49.2 Å². The number of hydrogen-bond acceptors (Lipinski definition) is 4. The van der Waals surface area contributed by atoms with E-state index in [1.54, 1.807) is 0 Å². The van der Waals surface area contributed by atoms with Crippen molar-refractivity contribution in [1.29, 1.82) is 0 Å². The van der Waals surface area contributed by atoms with E-state index in [4.69, 9.17) is 4.74 Å². The molecule has 2 bridgehead atoms. The second kappa shape index (κ2) is 4.19. The molecule has 3 atom stereocenters. The van der Waals surface area contributed by atoms with Crippen LogP contribution in [0.4, 0.5) is 0 Å². The molecule has 1 aromatic carbocycles. The molecule has 1 saturated heterocycles. The van der Waals surface area contributed by atoms with Gasteiger partial charge in [-0.1, -0.05) is 12.2 Å². The molecule has 4 aliphatic rings. The van der Waals surface area contributed by atoms with Gasteiger partial charge in [0.15, 0.2) is 11.5 Å². The number of aliphatic hydroxyl groups is 1. The lowest BCUT2D eigenvalue weighted by atomic mass is 9.49. The molecule has 2 aliphatic carbocycles. The van der Waals surface area contributed by atoms with Gasteiger partial charge in [-0.3, -0.25) is 0 Å². The summed E-state index contributed by atoms with van der Waals surface area (Å²) in [5, 5.41) is 25.1. The van der Waals surface area contributed by atoms with Gasteiger partial charge >= 0.3 is 0 Å². The Morgan fingerprint density at radius 2 is 2.14 bits per heavy atom. The zero-order chi connectivity index (χ0) is 14.4. The third-order valence-corrected chi connectivity index (χ3v) is 6.16. The summed E-state index contributed by atoms with van der Waals surface area (Å²) >= 11 is 0. The van der Waals surface area contributed by atoms with E-state index in [2.05, 4.69) is 11.9 Å². The molecule has 1 saturated carbocycles. The standard InChI is InChI=1S/C17H19NO3.ClH/c1-9-2-3-17(20)13-6-10-11(7-12(19)15-14(10)21-15)16(17,8-9)4-5-18-13;/h7,13,18-20H,1-6,8H2;1H/t13-,16-,17-;/m1./s1. The Labute approximate surface area is 135 Å². The van der Waals surface area contributed by atoms with E-state index in [9.17, 15) is 10.2 Å². The Morgan fingerprint density at radius 3 is 2.95 bits per heavy atom. The minimum atomic E-state index is -0.741. The Morgan fingerprint density at radius 1 is 1.32 bits per heavy atom. The largest absolute Gasteiger partial charge is 0.504 e. The molecule has 1 aromatic rings. The number of halogens is 1. The van der Waals surface area contributed by atoms with Crippen LogP contribution in [0.15, 0.2) is 18.2 Å². The smallest absolute Gasteiger partial charge is 0.211 e. The van der Waals surface area contributed by atoms with E-state index in [0.29, 0.717) is 5.75 Å². The maximum atomic E-state index is 11.5. The molecule has 0 aromatic heterocycles. The number of benzene rings is 1. The number of allylic oxidation sites excluding steroid dienone is 1. The van der Waals surface area contributed by atoms with Crippen LogP contribution in [0, 0.1) is 0 Å². The Balaban J connectivity index is 0.00000125. The molecule has 2 aliphatic heterocycles. The van der Waals surface area contributed by atoms with Crippen LogP contribution in [0.5, 0.6) is 17.2 Å². The monoisotopic (exact) mass is 321 g/mol. The Kier molecular flexibility index (Phi) is 2.74. The summed E-state index contributed by atoms with van der Waals surface area (Å²) in [6, 6.07) is 1.91. The third-order valence-electron chi connectivity index (χ3n) is 6.16. The van der Waals surface area contributed by atoms with Crippen molar-refractivity contribution in [2.75, 3.05) is 6.54 Å². The van der Waals surface area contributed by atoms with Gasteiger partial charge in [-0.25, -0.2) is 0 Å². The number of nitrogens with one attached hydrogen (secondary N) is 1. The van der Waals surface area contributed by atoms with Gasteiger partial charge in [-0.2, -0.15) is 0 Å². The number of phenols is 1. The average Bonchev–Trinajstić information content (AvgIpc) is 3.22. The van der Waals surface area contributed by atoms with E-state index < -0.39 is 5.60 Å². The predicted octanol–water partition coefficient (Wildman–Crippen LogP) is 2.55. The lowest BCUT2D eigenvalue weighted by Crippen LogP contribution is -2.71. The summed E-state index contributed by atoms with van der Waals surface area (Å²) in [4.78, 5) is 0. The first kappa shape index (κ1) is 14.4. The van der Waals surface area contributed by atoms with Crippen molar-refractivity contribution < 1.29 is 14.9 Å². The van der Waals surface area contributed by atoms with E-state index in [0.717, 1.165) is 50.0 Å². The first-order chi connectivity index (χ1) is 10.1. The lowest BCUT2D eigenvalue weighted by Gasteiger charge is -2.61. The average molecular weight is 322 g/mol. The summed E-state index contributed by atoms with van der Waals surface area (Å²) in [5.41, 5.74) is 2.43. The van der Waals surface area contributed by atoms with Gasteiger partial charge in [0.1, 0.15) is 0 Å². The Hall–Kier alpha value is -1.23. The first-order valence-corrected chi connectivity index (χ1v) is 7.75. The number of aromatic hydroxyl groups is 1. The maximum absolute atomic E-state index is 11.5. The second-order valence-electron chi connectivity index (χ2n) is 7.08.